The van der Waals surface area contributed by atoms with Crippen LogP contribution in [0.1, 0.15) is 25.0 Å². The molecule has 0 aromatic heterocycles. The molecule has 1 aromatic carbocycles. The van der Waals surface area contributed by atoms with Gasteiger partial charge in [-0.1, -0.05) is 24.8 Å². The summed E-state index contributed by atoms with van der Waals surface area (Å²) in [5.74, 6) is 2.30. The second-order valence-electron chi connectivity index (χ2n) is 4.47. The van der Waals surface area contributed by atoms with Crippen molar-refractivity contribution in [1.82, 2.24) is 0 Å². The van der Waals surface area contributed by atoms with Gasteiger partial charge in [0.2, 0.25) is 0 Å². The van der Waals surface area contributed by atoms with Gasteiger partial charge in [-0.15, -0.1) is 0 Å². The van der Waals surface area contributed by atoms with E-state index in [1.807, 2.05) is 58.0 Å². The van der Waals surface area contributed by atoms with Crippen LogP contribution in [0.4, 0.5) is 0 Å². The Morgan fingerprint density at radius 2 is 1.79 bits per heavy atom. The second-order valence-corrected chi connectivity index (χ2v) is 4.47. The molecule has 0 spiro atoms. The molecule has 0 fully saturated rings. The largest absolute Gasteiger partial charge is 0.497 e. The second kappa shape index (κ2) is 6.83. The lowest BCUT2D eigenvalue weighted by molar-refractivity contribution is 0.299. The van der Waals surface area contributed by atoms with Crippen LogP contribution in [0.25, 0.3) is 0 Å². The minimum atomic E-state index is 0.603. The molecule has 0 radical (unpaired) electrons. The Morgan fingerprint density at radius 1 is 1.21 bits per heavy atom. The first-order chi connectivity index (χ1) is 8.99. The van der Waals surface area contributed by atoms with E-state index >= 15 is 0 Å². The fourth-order valence-electron chi connectivity index (χ4n) is 1.94. The third-order valence-corrected chi connectivity index (χ3v) is 2.89. The van der Waals surface area contributed by atoms with Crippen molar-refractivity contribution >= 4 is 0 Å². The monoisotopic (exact) mass is 258 g/mol. The van der Waals surface area contributed by atoms with E-state index in [4.69, 9.17) is 9.47 Å². The Morgan fingerprint density at radius 3 is 2.26 bits per heavy atom. The van der Waals surface area contributed by atoms with E-state index in [-0.39, 0.29) is 0 Å². The topological polar surface area (TPSA) is 18.5 Å². The lowest BCUT2D eigenvalue weighted by Gasteiger charge is -2.12. The van der Waals surface area contributed by atoms with E-state index in [0.717, 1.165) is 28.2 Å². The molecular weight excluding hydrogens is 236 g/mol. The SMILES string of the molecule is C=C(/C=C(C)\C(=C\C)OC)Oc1c(C)cccc1C. The molecule has 2 nitrogen and oxygen atoms in total. The molecule has 0 atom stereocenters. The quantitative estimate of drug-likeness (QED) is 0.563. The molecule has 102 valence electrons. The van der Waals surface area contributed by atoms with E-state index in [1.165, 1.54) is 0 Å². The van der Waals surface area contributed by atoms with E-state index in [2.05, 4.69) is 6.58 Å². The van der Waals surface area contributed by atoms with Crippen molar-refractivity contribution in [1.29, 1.82) is 0 Å². The van der Waals surface area contributed by atoms with Gasteiger partial charge in [0, 0.05) is 0 Å². The standard InChI is InChI=1S/C17H22O2/c1-7-16(18-6)14(4)11-15(5)19-17-12(2)9-8-10-13(17)3/h7-11H,5H2,1-4,6H3/b14-11-,16-7-. The summed E-state index contributed by atoms with van der Waals surface area (Å²) in [5.41, 5.74) is 3.19. The van der Waals surface area contributed by atoms with Crippen LogP contribution in [0.2, 0.25) is 0 Å². The Bertz CT molecular complexity index is 502. The van der Waals surface area contributed by atoms with Gasteiger partial charge in [0.05, 0.1) is 7.11 Å². The van der Waals surface area contributed by atoms with Crippen molar-refractivity contribution in [2.75, 3.05) is 7.11 Å². The summed E-state index contributed by atoms with van der Waals surface area (Å²) >= 11 is 0. The molecule has 19 heavy (non-hydrogen) atoms. The number of aryl methyl sites for hydroxylation is 2. The summed E-state index contributed by atoms with van der Waals surface area (Å²) in [6, 6.07) is 6.07. The fraction of sp³-hybridized carbons (Fsp3) is 0.294. The number of ether oxygens (including phenoxy) is 2. The molecule has 0 saturated carbocycles. The predicted molar refractivity (Wildman–Crippen MR) is 80.2 cm³/mol. The van der Waals surface area contributed by atoms with Gasteiger partial charge in [-0.2, -0.15) is 0 Å². The van der Waals surface area contributed by atoms with Crippen molar-refractivity contribution in [2.45, 2.75) is 27.7 Å². The third-order valence-electron chi connectivity index (χ3n) is 2.89. The number of methoxy groups -OCH3 is 1. The maximum Gasteiger partial charge on any atom is 0.133 e. The Balaban J connectivity index is 2.90. The minimum absolute atomic E-state index is 0.603. The maximum absolute atomic E-state index is 5.83. The average molecular weight is 258 g/mol. The lowest BCUT2D eigenvalue weighted by Crippen LogP contribution is -1.97. The highest BCUT2D eigenvalue weighted by Crippen LogP contribution is 2.25. The predicted octanol–water partition coefficient (Wildman–Crippen LogP) is 4.69. The number of allylic oxidation sites excluding steroid dienone is 3. The first kappa shape index (κ1) is 15.1. The highest BCUT2D eigenvalue weighted by atomic mass is 16.5. The third kappa shape index (κ3) is 4.02. The van der Waals surface area contributed by atoms with Gasteiger partial charge in [-0.25, -0.2) is 0 Å². The van der Waals surface area contributed by atoms with E-state index < -0.39 is 0 Å². The van der Waals surface area contributed by atoms with Gasteiger partial charge in [0.25, 0.3) is 0 Å². The number of para-hydroxylation sites is 1. The molecule has 0 bridgehead atoms. The van der Waals surface area contributed by atoms with Crippen molar-refractivity contribution in [2.24, 2.45) is 0 Å². The van der Waals surface area contributed by atoms with Crippen molar-refractivity contribution in [3.63, 3.8) is 0 Å². The summed E-state index contributed by atoms with van der Waals surface area (Å²) in [5, 5.41) is 0. The minimum Gasteiger partial charge on any atom is -0.497 e. The first-order valence-electron chi connectivity index (χ1n) is 6.31. The average Bonchev–Trinajstić information content (AvgIpc) is 2.35. The molecule has 0 amide bonds. The molecule has 0 aliphatic carbocycles. The van der Waals surface area contributed by atoms with E-state index in [9.17, 15) is 0 Å². The van der Waals surface area contributed by atoms with Crippen molar-refractivity contribution < 1.29 is 9.47 Å². The summed E-state index contributed by atoms with van der Waals surface area (Å²) in [6.07, 6.45) is 3.79. The Kier molecular flexibility index (Phi) is 5.43. The van der Waals surface area contributed by atoms with Crippen LogP contribution >= 0.6 is 0 Å². The smallest absolute Gasteiger partial charge is 0.133 e. The summed E-state index contributed by atoms with van der Waals surface area (Å²) in [4.78, 5) is 0. The molecule has 2 heteroatoms. The zero-order valence-corrected chi connectivity index (χ0v) is 12.4. The van der Waals surface area contributed by atoms with Gasteiger partial charge < -0.3 is 9.47 Å². The zero-order valence-electron chi connectivity index (χ0n) is 12.4. The van der Waals surface area contributed by atoms with E-state index in [1.54, 1.807) is 7.11 Å². The number of hydrogen-bond acceptors (Lipinski definition) is 2. The molecule has 0 aliphatic rings. The van der Waals surface area contributed by atoms with Crippen LogP contribution in [0.3, 0.4) is 0 Å². The van der Waals surface area contributed by atoms with Crippen LogP contribution in [-0.2, 0) is 4.74 Å². The molecular formula is C17H22O2. The van der Waals surface area contributed by atoms with Gasteiger partial charge in [-0.3, -0.25) is 0 Å². The molecule has 0 heterocycles. The Labute approximate surface area is 116 Å². The van der Waals surface area contributed by atoms with Crippen LogP contribution in [0.15, 0.2) is 54.0 Å². The molecule has 0 unspecified atom stereocenters. The first-order valence-corrected chi connectivity index (χ1v) is 6.31. The number of hydrogen-bond donors (Lipinski definition) is 0. The molecule has 0 saturated heterocycles. The van der Waals surface area contributed by atoms with Crippen molar-refractivity contribution in [3.8, 4) is 5.75 Å². The lowest BCUT2D eigenvalue weighted by atomic mass is 10.1. The number of benzene rings is 1. The van der Waals surface area contributed by atoms with Gasteiger partial charge in [0.15, 0.2) is 0 Å². The van der Waals surface area contributed by atoms with Crippen LogP contribution in [-0.4, -0.2) is 7.11 Å². The normalized spacial score (nSPS) is 12.3. The highest BCUT2D eigenvalue weighted by Gasteiger charge is 2.05. The summed E-state index contributed by atoms with van der Waals surface area (Å²) in [7, 11) is 1.65. The Hall–Kier alpha value is -1.96. The fourth-order valence-corrected chi connectivity index (χ4v) is 1.94. The zero-order chi connectivity index (χ0) is 14.4. The van der Waals surface area contributed by atoms with Crippen LogP contribution in [0.5, 0.6) is 5.75 Å². The van der Waals surface area contributed by atoms with Crippen molar-refractivity contribution in [3.05, 3.63) is 65.1 Å². The summed E-state index contributed by atoms with van der Waals surface area (Å²) in [6.45, 7) is 11.9. The van der Waals surface area contributed by atoms with Crippen LogP contribution < -0.4 is 4.74 Å². The maximum atomic E-state index is 5.83. The molecule has 1 rings (SSSR count). The van der Waals surface area contributed by atoms with Gasteiger partial charge in [-0.05, 0) is 56.5 Å². The van der Waals surface area contributed by atoms with Crippen LogP contribution in [0, 0.1) is 13.8 Å². The van der Waals surface area contributed by atoms with E-state index in [0.29, 0.717) is 5.76 Å². The summed E-state index contributed by atoms with van der Waals surface area (Å²) < 4.78 is 11.1. The van der Waals surface area contributed by atoms with Gasteiger partial charge >= 0.3 is 0 Å². The number of rotatable bonds is 5. The molecule has 0 N–H and O–H groups in total. The van der Waals surface area contributed by atoms with Gasteiger partial charge in [0.1, 0.15) is 17.3 Å². The molecule has 0 aliphatic heterocycles. The highest BCUT2D eigenvalue weighted by molar-refractivity contribution is 5.42. The molecule has 1 aromatic rings.